The molecule has 0 bridgehead atoms. The molecule has 75 heavy (non-hydrogen) atoms. The summed E-state index contributed by atoms with van der Waals surface area (Å²) in [6, 6.07) is 48.4. The van der Waals surface area contributed by atoms with Crippen LogP contribution in [0.5, 0.6) is 5.75 Å². The number of rotatable bonds is 8. The molecule has 9 rings (SSSR count). The zero-order valence-electron chi connectivity index (χ0n) is 54.7. The summed E-state index contributed by atoms with van der Waals surface area (Å²) >= 11 is 0. The fourth-order valence-electron chi connectivity index (χ4n) is 10.0. The molecule has 1 N–H and O–H groups in total. The van der Waals surface area contributed by atoms with Crippen LogP contribution in [0.3, 0.4) is 0 Å². The first-order chi connectivity index (χ1) is 38.3. The number of aryl methyl sites for hydroxylation is 2. The number of pyridine rings is 1. The standard InChI is InChI=1S/C71H79N3O/c1-44-33-46(42-67(3,4)5)31-32-54(44)56-41-61(72-43-45(56)2)50-34-49(35-51(36-50)68(6,7)8)55-29-24-30-62-63(55)73-66(59-39-53(70(12,13)14)40-60(65(59)75)71(15,16)17)74(62)64-57(47-25-20-18-21-26-47)37-52(69(9,10)11)38-58(64)48-27-22-19-23-28-48/h18-41,43,75H,42H2,1-17H3/i1D3,2D3,42D2. The van der Waals surface area contributed by atoms with Crippen LogP contribution in [0.15, 0.2) is 152 Å². The quantitative estimate of drug-likeness (QED) is 0.165. The largest absolute Gasteiger partial charge is 0.507 e. The molecule has 0 aliphatic heterocycles. The van der Waals surface area contributed by atoms with E-state index in [-0.39, 0.29) is 44.4 Å². The van der Waals surface area contributed by atoms with Crippen LogP contribution in [0.2, 0.25) is 0 Å². The average molecular weight is 998 g/mol. The minimum absolute atomic E-state index is 0.123. The van der Waals surface area contributed by atoms with Gasteiger partial charge in [-0.05, 0) is 151 Å². The van der Waals surface area contributed by atoms with E-state index in [1.165, 1.54) is 12.3 Å². The first-order valence-corrected chi connectivity index (χ1v) is 26.3. The second-order valence-corrected chi connectivity index (χ2v) is 25.6. The van der Waals surface area contributed by atoms with E-state index in [2.05, 4.69) is 185 Å². The van der Waals surface area contributed by atoms with Crippen molar-refractivity contribution in [2.75, 3.05) is 0 Å². The number of phenols is 1. The molecular weight excluding hydrogens is 911 g/mol. The molecule has 0 amide bonds. The van der Waals surface area contributed by atoms with Crippen LogP contribution >= 0.6 is 0 Å². The minimum Gasteiger partial charge on any atom is -0.507 e. The first-order valence-electron chi connectivity index (χ1n) is 30.3. The Morgan fingerprint density at radius 1 is 0.480 bits per heavy atom. The van der Waals surface area contributed by atoms with Crippen LogP contribution in [0.1, 0.15) is 154 Å². The second kappa shape index (κ2) is 19.3. The van der Waals surface area contributed by atoms with Gasteiger partial charge >= 0.3 is 0 Å². The number of benzene rings is 7. The van der Waals surface area contributed by atoms with Gasteiger partial charge in [0.15, 0.2) is 0 Å². The Morgan fingerprint density at radius 3 is 1.60 bits per heavy atom. The van der Waals surface area contributed by atoms with E-state index in [4.69, 9.17) is 20.9 Å². The van der Waals surface area contributed by atoms with Gasteiger partial charge in [-0.2, -0.15) is 0 Å². The Labute approximate surface area is 460 Å². The maximum atomic E-state index is 12.9. The number of para-hydroxylation sites is 1. The Kier molecular flexibility index (Phi) is 11.1. The number of imidazole rings is 1. The highest BCUT2D eigenvalue weighted by molar-refractivity contribution is 6.00. The molecule has 0 unspecified atom stereocenters. The molecule has 0 fully saturated rings. The van der Waals surface area contributed by atoms with Crippen LogP contribution in [-0.2, 0) is 28.0 Å². The lowest BCUT2D eigenvalue weighted by Crippen LogP contribution is -2.17. The predicted molar refractivity (Wildman–Crippen MR) is 321 cm³/mol. The highest BCUT2D eigenvalue weighted by Gasteiger charge is 2.31. The average Bonchev–Trinajstić information content (AvgIpc) is 3.57. The van der Waals surface area contributed by atoms with Gasteiger partial charge in [0.05, 0.1) is 28.0 Å². The van der Waals surface area contributed by atoms with E-state index in [1.807, 2.05) is 24.3 Å². The predicted octanol–water partition coefficient (Wildman–Crippen LogP) is 19.5. The summed E-state index contributed by atoms with van der Waals surface area (Å²) in [6.45, 7) is 25.9. The number of hydrogen-bond acceptors (Lipinski definition) is 3. The number of fused-ring (bicyclic) bond motifs is 1. The van der Waals surface area contributed by atoms with Crippen molar-refractivity contribution in [1.82, 2.24) is 14.5 Å². The number of aromatic hydroxyl groups is 1. The van der Waals surface area contributed by atoms with E-state index in [1.54, 1.807) is 39.0 Å². The molecule has 0 aliphatic carbocycles. The van der Waals surface area contributed by atoms with Gasteiger partial charge in [-0.25, -0.2) is 4.98 Å². The molecule has 0 saturated carbocycles. The van der Waals surface area contributed by atoms with E-state index in [0.29, 0.717) is 28.2 Å². The Morgan fingerprint density at radius 2 is 1.04 bits per heavy atom. The van der Waals surface area contributed by atoms with Gasteiger partial charge in [-0.1, -0.05) is 207 Å². The zero-order chi connectivity index (χ0) is 60.9. The van der Waals surface area contributed by atoms with E-state index in [0.717, 1.165) is 66.8 Å². The van der Waals surface area contributed by atoms with Crippen LogP contribution in [0, 0.1) is 19.1 Å². The topological polar surface area (TPSA) is 50.9 Å². The summed E-state index contributed by atoms with van der Waals surface area (Å²) in [5.74, 6) is 0.714. The van der Waals surface area contributed by atoms with Gasteiger partial charge in [0.1, 0.15) is 11.6 Å². The lowest BCUT2D eigenvalue weighted by molar-refractivity contribution is 0.411. The first kappa shape index (κ1) is 43.2. The normalized spacial score (nSPS) is 14.8. The molecule has 2 aromatic heterocycles. The number of nitrogens with zero attached hydrogens (tertiary/aromatic N) is 3. The van der Waals surface area contributed by atoms with Crippen molar-refractivity contribution >= 4 is 11.0 Å². The van der Waals surface area contributed by atoms with Crippen molar-refractivity contribution in [3.8, 4) is 78.6 Å². The number of hydrogen-bond donors (Lipinski definition) is 1. The van der Waals surface area contributed by atoms with Gasteiger partial charge in [0.2, 0.25) is 0 Å². The minimum atomic E-state index is -2.73. The molecule has 0 spiro atoms. The zero-order valence-corrected chi connectivity index (χ0v) is 46.7. The molecule has 0 radical (unpaired) electrons. The summed E-state index contributed by atoms with van der Waals surface area (Å²) < 4.78 is 72.7. The van der Waals surface area contributed by atoms with Crippen LogP contribution in [0.4, 0.5) is 0 Å². The molecule has 2 heterocycles. The van der Waals surface area contributed by atoms with Crippen molar-refractivity contribution in [3.05, 3.63) is 191 Å². The van der Waals surface area contributed by atoms with Gasteiger partial charge in [0, 0.05) is 45.0 Å². The van der Waals surface area contributed by atoms with Crippen molar-refractivity contribution < 1.29 is 16.1 Å². The fraction of sp³-hybridized carbons (Fsp3) is 0.324. The second-order valence-electron chi connectivity index (χ2n) is 25.6. The fourth-order valence-corrected chi connectivity index (χ4v) is 10.0. The molecule has 4 heteroatoms. The van der Waals surface area contributed by atoms with Crippen molar-refractivity contribution in [2.24, 2.45) is 5.41 Å². The number of aromatic nitrogens is 3. The molecule has 4 nitrogen and oxygen atoms in total. The van der Waals surface area contributed by atoms with Gasteiger partial charge in [-0.15, -0.1) is 0 Å². The van der Waals surface area contributed by atoms with E-state index in [9.17, 15) is 5.11 Å². The molecule has 0 atom stereocenters. The Bertz CT molecular complexity index is 3870. The van der Waals surface area contributed by atoms with Crippen LogP contribution in [0.25, 0.3) is 83.9 Å². The summed E-state index contributed by atoms with van der Waals surface area (Å²) in [6.07, 6.45) is -0.590. The highest BCUT2D eigenvalue weighted by atomic mass is 16.3. The highest BCUT2D eigenvalue weighted by Crippen LogP contribution is 2.49. The van der Waals surface area contributed by atoms with E-state index >= 15 is 0 Å². The molecular formula is C71H79N3O. The molecule has 7 aromatic carbocycles. The van der Waals surface area contributed by atoms with Crippen molar-refractivity contribution in [2.45, 2.75) is 146 Å². The summed E-state index contributed by atoms with van der Waals surface area (Å²) in [5, 5.41) is 12.9. The third-order valence-electron chi connectivity index (χ3n) is 14.2. The van der Waals surface area contributed by atoms with Crippen LogP contribution in [-0.4, -0.2) is 19.6 Å². The summed E-state index contributed by atoms with van der Waals surface area (Å²) in [4.78, 5) is 10.6. The van der Waals surface area contributed by atoms with Gasteiger partial charge in [-0.3, -0.25) is 9.55 Å². The third-order valence-corrected chi connectivity index (χ3v) is 14.2. The molecule has 384 valence electrons. The monoisotopic (exact) mass is 998 g/mol. The Hall–Kier alpha value is -7.04. The lowest BCUT2D eigenvalue weighted by Gasteiger charge is -2.28. The summed E-state index contributed by atoms with van der Waals surface area (Å²) in [7, 11) is 0. The number of phenolic OH excluding ortho intramolecular Hbond substituents is 1. The smallest absolute Gasteiger partial charge is 0.149 e. The Balaban J connectivity index is 1.41. The maximum absolute atomic E-state index is 12.9. The molecule has 9 aromatic rings. The summed E-state index contributed by atoms with van der Waals surface area (Å²) in [5.41, 5.74) is 11.7. The molecule has 0 aliphatic rings. The van der Waals surface area contributed by atoms with Gasteiger partial charge in [0.25, 0.3) is 0 Å². The third kappa shape index (κ3) is 10.8. The SMILES string of the molecule is [2H]C([2H])([2H])c1cnc(-c2cc(-c3cccc4c3nc(-c3cc(C(C)(C)C)cc(C(C)(C)C)c3O)n4-c3c(-c4ccccc4)cc(C(C)(C)C)cc3-c3ccccc3)cc(C(C)(C)C)c2)cc1-c1ccc(C([2H])([2H])C(C)(C)C)cc1C([2H])([2H])[2H]. The maximum Gasteiger partial charge on any atom is 0.149 e. The van der Waals surface area contributed by atoms with E-state index < -0.39 is 36.3 Å². The van der Waals surface area contributed by atoms with Crippen molar-refractivity contribution in [1.29, 1.82) is 0 Å². The lowest BCUT2D eigenvalue weighted by atomic mass is 9.78. The van der Waals surface area contributed by atoms with Crippen LogP contribution < -0.4 is 0 Å². The van der Waals surface area contributed by atoms with Gasteiger partial charge < -0.3 is 5.11 Å². The molecule has 0 saturated heterocycles. The van der Waals surface area contributed by atoms with Crippen molar-refractivity contribution in [3.63, 3.8) is 0 Å².